The molecule has 2 heteroatoms. The molecule has 0 aliphatic heterocycles. The quantitative estimate of drug-likeness (QED) is 0.618. The SMILES string of the molecule is CC[C@H](C)CCC(C#N)C#N. The molecule has 0 saturated heterocycles. The van der Waals surface area contributed by atoms with Crippen LogP contribution in [0.15, 0.2) is 0 Å². The maximum Gasteiger partial charge on any atom is 0.133 e. The third kappa shape index (κ3) is 4.39. The Hall–Kier alpha value is -1.02. The van der Waals surface area contributed by atoms with Crippen LogP contribution < -0.4 is 0 Å². The van der Waals surface area contributed by atoms with Crippen LogP contribution in [-0.2, 0) is 0 Å². The molecule has 11 heavy (non-hydrogen) atoms. The van der Waals surface area contributed by atoms with Crippen molar-refractivity contribution in [1.29, 1.82) is 10.5 Å². The minimum absolute atomic E-state index is 0.399. The van der Waals surface area contributed by atoms with E-state index in [2.05, 4.69) is 13.8 Å². The van der Waals surface area contributed by atoms with Crippen molar-refractivity contribution in [3.63, 3.8) is 0 Å². The molecule has 0 aromatic heterocycles. The summed E-state index contributed by atoms with van der Waals surface area (Å²) in [7, 11) is 0. The lowest BCUT2D eigenvalue weighted by molar-refractivity contribution is 0.479. The van der Waals surface area contributed by atoms with Gasteiger partial charge in [0.1, 0.15) is 5.92 Å². The van der Waals surface area contributed by atoms with Crippen LogP contribution in [0, 0.1) is 34.5 Å². The Balaban J connectivity index is 3.55. The van der Waals surface area contributed by atoms with E-state index in [1.165, 1.54) is 0 Å². The van der Waals surface area contributed by atoms with Gasteiger partial charge in [-0.05, 0) is 18.8 Å². The van der Waals surface area contributed by atoms with Gasteiger partial charge >= 0.3 is 0 Å². The highest BCUT2D eigenvalue weighted by molar-refractivity contribution is 4.98. The number of hydrogen-bond donors (Lipinski definition) is 0. The van der Waals surface area contributed by atoms with Crippen LogP contribution in [0.5, 0.6) is 0 Å². The summed E-state index contributed by atoms with van der Waals surface area (Å²) in [6, 6.07) is 3.94. The monoisotopic (exact) mass is 150 g/mol. The predicted octanol–water partition coefficient (Wildman–Crippen LogP) is 2.48. The van der Waals surface area contributed by atoms with Crippen LogP contribution in [-0.4, -0.2) is 0 Å². The maximum atomic E-state index is 8.44. The lowest BCUT2D eigenvalue weighted by Crippen LogP contribution is -1.98. The smallest absolute Gasteiger partial charge is 0.133 e. The molecule has 0 N–H and O–H groups in total. The summed E-state index contributed by atoms with van der Waals surface area (Å²) in [5.41, 5.74) is 0. The molecular weight excluding hydrogens is 136 g/mol. The van der Waals surface area contributed by atoms with E-state index in [4.69, 9.17) is 10.5 Å². The van der Waals surface area contributed by atoms with Gasteiger partial charge < -0.3 is 0 Å². The first-order chi connectivity index (χ1) is 5.24. The van der Waals surface area contributed by atoms with E-state index in [0.29, 0.717) is 5.92 Å². The van der Waals surface area contributed by atoms with Crippen molar-refractivity contribution in [3.05, 3.63) is 0 Å². The third-order valence-electron chi connectivity index (χ3n) is 1.96. The average molecular weight is 150 g/mol. The van der Waals surface area contributed by atoms with E-state index in [-0.39, 0.29) is 0 Å². The Labute approximate surface area is 68.4 Å². The molecule has 0 rings (SSSR count). The van der Waals surface area contributed by atoms with E-state index in [1.807, 2.05) is 12.1 Å². The van der Waals surface area contributed by atoms with Crippen LogP contribution in [0.25, 0.3) is 0 Å². The highest BCUT2D eigenvalue weighted by atomic mass is 14.3. The maximum absolute atomic E-state index is 8.44. The zero-order valence-corrected chi connectivity index (χ0v) is 7.17. The van der Waals surface area contributed by atoms with E-state index < -0.39 is 5.92 Å². The summed E-state index contributed by atoms with van der Waals surface area (Å²) >= 11 is 0. The number of hydrogen-bond acceptors (Lipinski definition) is 2. The molecule has 0 radical (unpaired) electrons. The Morgan fingerprint density at radius 1 is 1.18 bits per heavy atom. The Bertz CT molecular complexity index is 159. The normalized spacial score (nSPS) is 12.1. The van der Waals surface area contributed by atoms with Crippen molar-refractivity contribution in [2.75, 3.05) is 0 Å². The zero-order chi connectivity index (χ0) is 8.69. The molecular formula is C9H14N2. The second kappa shape index (κ2) is 5.74. The lowest BCUT2D eigenvalue weighted by Gasteiger charge is -2.06. The first kappa shape index (κ1) is 9.98. The minimum atomic E-state index is -0.399. The van der Waals surface area contributed by atoms with Gasteiger partial charge in [0.05, 0.1) is 12.1 Å². The molecule has 0 unspecified atom stereocenters. The first-order valence-electron chi connectivity index (χ1n) is 4.03. The molecule has 1 atom stereocenters. The molecule has 60 valence electrons. The van der Waals surface area contributed by atoms with Crippen molar-refractivity contribution < 1.29 is 0 Å². The van der Waals surface area contributed by atoms with E-state index in [1.54, 1.807) is 0 Å². The topological polar surface area (TPSA) is 47.6 Å². The standard InChI is InChI=1S/C9H14N2/c1-3-8(2)4-5-9(6-10)7-11/h8-9H,3-5H2,1-2H3/t8-/m0/s1. The molecule has 0 aromatic rings. The van der Waals surface area contributed by atoms with E-state index >= 15 is 0 Å². The van der Waals surface area contributed by atoms with Gasteiger partial charge in [0.2, 0.25) is 0 Å². The third-order valence-corrected chi connectivity index (χ3v) is 1.96. The van der Waals surface area contributed by atoms with Gasteiger partial charge in [-0.25, -0.2) is 0 Å². The largest absolute Gasteiger partial charge is 0.197 e. The fraction of sp³-hybridized carbons (Fsp3) is 0.778. The molecule has 0 heterocycles. The molecule has 0 aliphatic carbocycles. The van der Waals surface area contributed by atoms with Gasteiger partial charge in [0.15, 0.2) is 0 Å². The molecule has 0 aromatic carbocycles. The second-order valence-corrected chi connectivity index (χ2v) is 2.90. The molecule has 0 spiro atoms. The summed E-state index contributed by atoms with van der Waals surface area (Å²) in [4.78, 5) is 0. The second-order valence-electron chi connectivity index (χ2n) is 2.90. The number of rotatable bonds is 4. The summed E-state index contributed by atoms with van der Waals surface area (Å²) < 4.78 is 0. The van der Waals surface area contributed by atoms with Gasteiger partial charge in [-0.1, -0.05) is 20.3 Å². The molecule has 0 bridgehead atoms. The van der Waals surface area contributed by atoms with E-state index in [9.17, 15) is 0 Å². The van der Waals surface area contributed by atoms with Crippen LogP contribution >= 0.6 is 0 Å². The van der Waals surface area contributed by atoms with E-state index in [0.717, 1.165) is 19.3 Å². The Kier molecular flexibility index (Phi) is 5.21. The van der Waals surface area contributed by atoms with Gasteiger partial charge in [-0.3, -0.25) is 0 Å². The highest BCUT2D eigenvalue weighted by Crippen LogP contribution is 2.13. The first-order valence-corrected chi connectivity index (χ1v) is 4.03. The molecule has 0 fully saturated rings. The minimum Gasteiger partial charge on any atom is -0.197 e. The highest BCUT2D eigenvalue weighted by Gasteiger charge is 2.06. The molecule has 0 aliphatic rings. The Morgan fingerprint density at radius 3 is 2.09 bits per heavy atom. The summed E-state index contributed by atoms with van der Waals surface area (Å²) in [6.45, 7) is 4.27. The fourth-order valence-corrected chi connectivity index (χ4v) is 0.813. The summed E-state index contributed by atoms with van der Waals surface area (Å²) in [5, 5.41) is 16.9. The number of nitriles is 2. The van der Waals surface area contributed by atoms with Crippen molar-refractivity contribution in [3.8, 4) is 12.1 Å². The fourth-order valence-electron chi connectivity index (χ4n) is 0.813. The van der Waals surface area contributed by atoms with Gasteiger partial charge in [0, 0.05) is 0 Å². The van der Waals surface area contributed by atoms with Crippen molar-refractivity contribution in [2.45, 2.75) is 33.1 Å². The Morgan fingerprint density at radius 2 is 1.73 bits per heavy atom. The number of nitrogens with zero attached hydrogens (tertiary/aromatic N) is 2. The molecule has 0 saturated carbocycles. The van der Waals surface area contributed by atoms with Crippen molar-refractivity contribution >= 4 is 0 Å². The predicted molar refractivity (Wildman–Crippen MR) is 43.4 cm³/mol. The van der Waals surface area contributed by atoms with Crippen LogP contribution in [0.4, 0.5) is 0 Å². The van der Waals surface area contributed by atoms with Gasteiger partial charge in [-0.2, -0.15) is 10.5 Å². The van der Waals surface area contributed by atoms with Crippen LogP contribution in [0.1, 0.15) is 33.1 Å². The van der Waals surface area contributed by atoms with Crippen LogP contribution in [0.3, 0.4) is 0 Å². The molecule has 0 amide bonds. The van der Waals surface area contributed by atoms with Gasteiger partial charge in [0.25, 0.3) is 0 Å². The van der Waals surface area contributed by atoms with Crippen molar-refractivity contribution in [2.24, 2.45) is 11.8 Å². The van der Waals surface area contributed by atoms with Gasteiger partial charge in [-0.15, -0.1) is 0 Å². The zero-order valence-electron chi connectivity index (χ0n) is 7.17. The average Bonchev–Trinajstić information content (AvgIpc) is 2.06. The molecule has 2 nitrogen and oxygen atoms in total. The summed E-state index contributed by atoms with van der Waals surface area (Å²) in [5.74, 6) is 0.239. The van der Waals surface area contributed by atoms with Crippen molar-refractivity contribution in [1.82, 2.24) is 0 Å². The van der Waals surface area contributed by atoms with Crippen LogP contribution in [0.2, 0.25) is 0 Å². The summed E-state index contributed by atoms with van der Waals surface area (Å²) in [6.07, 6.45) is 2.84. The lowest BCUT2D eigenvalue weighted by atomic mass is 9.97.